The van der Waals surface area contributed by atoms with Gasteiger partial charge in [0.1, 0.15) is 0 Å². The van der Waals surface area contributed by atoms with Crippen LogP contribution in [0.2, 0.25) is 0 Å². The summed E-state index contributed by atoms with van der Waals surface area (Å²) >= 11 is 0. The normalized spacial score (nSPS) is 11.2. The van der Waals surface area contributed by atoms with Crippen LogP contribution in [-0.4, -0.2) is 19.5 Å². The highest BCUT2D eigenvalue weighted by Gasteiger charge is 2.13. The molecule has 0 saturated carbocycles. The Morgan fingerprint density at radius 1 is 0.459 bits per heavy atom. The average molecular weight is 475 g/mol. The van der Waals surface area contributed by atoms with E-state index < -0.39 is 0 Å². The van der Waals surface area contributed by atoms with Crippen LogP contribution < -0.4 is 0 Å². The zero-order valence-corrected chi connectivity index (χ0v) is 20.0. The van der Waals surface area contributed by atoms with E-state index in [4.69, 9.17) is 4.98 Å². The Bertz CT molecular complexity index is 1740. The molecule has 0 bridgehead atoms. The van der Waals surface area contributed by atoms with Gasteiger partial charge >= 0.3 is 0 Å². The molecule has 0 aliphatic carbocycles. The Labute approximate surface area is 214 Å². The molecule has 0 unspecified atom stereocenters. The van der Waals surface area contributed by atoms with E-state index in [0.29, 0.717) is 0 Å². The predicted octanol–water partition coefficient (Wildman–Crippen LogP) is 7.97. The Balaban J connectivity index is 1.37. The lowest BCUT2D eigenvalue weighted by atomic mass is 10.0. The fraction of sp³-hybridized carbons (Fsp3) is 0. The molecule has 0 N–H and O–H groups in total. The Morgan fingerprint density at radius 2 is 1.19 bits per heavy atom. The number of rotatable bonds is 4. The van der Waals surface area contributed by atoms with Crippen LogP contribution in [0.4, 0.5) is 0 Å². The van der Waals surface area contributed by atoms with E-state index in [-0.39, 0.29) is 0 Å². The molecule has 4 aromatic heterocycles. The molecule has 4 nitrogen and oxygen atoms in total. The lowest BCUT2D eigenvalue weighted by molar-refractivity contribution is 1.17. The third kappa shape index (κ3) is 3.76. The highest BCUT2D eigenvalue weighted by atomic mass is 15.0. The van der Waals surface area contributed by atoms with Crippen molar-refractivity contribution in [2.75, 3.05) is 0 Å². The van der Waals surface area contributed by atoms with Crippen LogP contribution in [0.1, 0.15) is 0 Å². The summed E-state index contributed by atoms with van der Waals surface area (Å²) in [4.78, 5) is 14.2. The van der Waals surface area contributed by atoms with E-state index in [1.807, 2.05) is 36.5 Å². The lowest BCUT2D eigenvalue weighted by Gasteiger charge is -2.11. The standard InChI is InChI=1S/C33H22N4/c1-2-9-23(10-3-1)25-21-29(36-30(22-25)28-12-6-7-19-34-28)24-15-17-26(18-16-24)37-31-13-5-4-11-27(31)33-32(37)14-8-20-35-33/h1-22H. The molecular formula is C33H22N4. The van der Waals surface area contributed by atoms with Crippen molar-refractivity contribution in [1.82, 2.24) is 19.5 Å². The van der Waals surface area contributed by atoms with Gasteiger partial charge in [-0.15, -0.1) is 0 Å². The van der Waals surface area contributed by atoms with Gasteiger partial charge in [-0.25, -0.2) is 4.98 Å². The molecule has 37 heavy (non-hydrogen) atoms. The van der Waals surface area contributed by atoms with Crippen molar-refractivity contribution in [1.29, 1.82) is 0 Å². The minimum atomic E-state index is 0.856. The Kier molecular flexibility index (Phi) is 5.07. The van der Waals surface area contributed by atoms with Crippen LogP contribution in [0.5, 0.6) is 0 Å². The van der Waals surface area contributed by atoms with Gasteiger partial charge in [0, 0.05) is 29.0 Å². The zero-order chi connectivity index (χ0) is 24.6. The predicted molar refractivity (Wildman–Crippen MR) is 150 cm³/mol. The third-order valence-electron chi connectivity index (χ3n) is 6.71. The van der Waals surface area contributed by atoms with Crippen LogP contribution in [0.15, 0.2) is 134 Å². The number of aromatic nitrogens is 4. The van der Waals surface area contributed by atoms with Gasteiger partial charge in [-0.2, -0.15) is 0 Å². The van der Waals surface area contributed by atoms with Crippen LogP contribution in [0.25, 0.3) is 61.4 Å². The van der Waals surface area contributed by atoms with Crippen LogP contribution in [-0.2, 0) is 0 Å². The first kappa shape index (κ1) is 21.2. The monoisotopic (exact) mass is 474 g/mol. The summed E-state index contributed by atoms with van der Waals surface area (Å²) in [5, 5.41) is 1.15. The van der Waals surface area contributed by atoms with E-state index in [2.05, 4.69) is 106 Å². The van der Waals surface area contributed by atoms with E-state index in [1.54, 1.807) is 6.20 Å². The second-order valence-electron chi connectivity index (χ2n) is 8.98. The van der Waals surface area contributed by atoms with Gasteiger partial charge in [0.05, 0.1) is 33.6 Å². The number of hydrogen-bond acceptors (Lipinski definition) is 3. The second-order valence-corrected chi connectivity index (χ2v) is 8.98. The van der Waals surface area contributed by atoms with Crippen molar-refractivity contribution in [3.63, 3.8) is 0 Å². The summed E-state index contributed by atoms with van der Waals surface area (Å²) in [6.07, 6.45) is 3.66. The second kappa shape index (κ2) is 8.85. The molecule has 0 aliphatic heterocycles. The van der Waals surface area contributed by atoms with Crippen molar-refractivity contribution in [3.8, 4) is 39.5 Å². The molecule has 4 heteroatoms. The maximum Gasteiger partial charge on any atom is 0.0963 e. The topological polar surface area (TPSA) is 43.6 Å². The minimum Gasteiger partial charge on any atom is -0.308 e. The maximum absolute atomic E-state index is 5.01. The van der Waals surface area contributed by atoms with Gasteiger partial charge in [0.2, 0.25) is 0 Å². The number of nitrogens with zero attached hydrogens (tertiary/aromatic N) is 4. The van der Waals surface area contributed by atoms with Crippen LogP contribution >= 0.6 is 0 Å². The quantitative estimate of drug-likeness (QED) is 0.260. The smallest absolute Gasteiger partial charge is 0.0963 e. The maximum atomic E-state index is 5.01. The molecule has 0 atom stereocenters. The van der Waals surface area contributed by atoms with Crippen molar-refractivity contribution in [2.24, 2.45) is 0 Å². The molecular weight excluding hydrogens is 452 g/mol. The fourth-order valence-corrected chi connectivity index (χ4v) is 4.96. The summed E-state index contributed by atoms with van der Waals surface area (Å²) in [7, 11) is 0. The first-order valence-corrected chi connectivity index (χ1v) is 12.3. The average Bonchev–Trinajstić information content (AvgIpc) is 3.32. The summed E-state index contributed by atoms with van der Waals surface area (Å²) in [5.41, 5.74) is 10.3. The Morgan fingerprint density at radius 3 is 2.03 bits per heavy atom. The molecule has 0 spiro atoms. The van der Waals surface area contributed by atoms with Gasteiger partial charge in [-0.05, 0) is 65.7 Å². The van der Waals surface area contributed by atoms with E-state index in [9.17, 15) is 0 Å². The van der Waals surface area contributed by atoms with E-state index in [1.165, 1.54) is 0 Å². The third-order valence-corrected chi connectivity index (χ3v) is 6.71. The molecule has 0 radical (unpaired) electrons. The molecule has 174 valence electrons. The summed E-state index contributed by atoms with van der Waals surface area (Å²) in [6.45, 7) is 0. The number of fused-ring (bicyclic) bond motifs is 3. The molecule has 3 aromatic carbocycles. The van der Waals surface area contributed by atoms with Crippen molar-refractivity contribution in [3.05, 3.63) is 134 Å². The van der Waals surface area contributed by atoms with Crippen molar-refractivity contribution >= 4 is 21.9 Å². The highest BCUT2D eigenvalue weighted by molar-refractivity contribution is 6.06. The van der Waals surface area contributed by atoms with Crippen molar-refractivity contribution < 1.29 is 0 Å². The van der Waals surface area contributed by atoms with Gasteiger partial charge in [-0.1, -0.05) is 66.7 Å². The van der Waals surface area contributed by atoms with Gasteiger partial charge in [0.25, 0.3) is 0 Å². The first-order chi connectivity index (χ1) is 18.3. The van der Waals surface area contributed by atoms with Crippen LogP contribution in [0.3, 0.4) is 0 Å². The first-order valence-electron chi connectivity index (χ1n) is 12.3. The van der Waals surface area contributed by atoms with Gasteiger partial charge in [-0.3, -0.25) is 9.97 Å². The molecule has 0 aliphatic rings. The number of benzene rings is 3. The minimum absolute atomic E-state index is 0.856. The molecule has 0 fully saturated rings. The molecule has 0 saturated heterocycles. The fourth-order valence-electron chi connectivity index (χ4n) is 4.96. The zero-order valence-electron chi connectivity index (χ0n) is 20.0. The number of hydrogen-bond donors (Lipinski definition) is 0. The summed E-state index contributed by atoms with van der Waals surface area (Å²) in [5.74, 6) is 0. The molecule has 7 aromatic rings. The summed E-state index contributed by atoms with van der Waals surface area (Å²) < 4.78 is 2.27. The Hall–Kier alpha value is -5.09. The van der Waals surface area contributed by atoms with Gasteiger partial charge in [0.15, 0.2) is 0 Å². The molecule has 7 rings (SSSR count). The number of para-hydroxylation sites is 1. The van der Waals surface area contributed by atoms with Crippen molar-refractivity contribution in [2.45, 2.75) is 0 Å². The largest absolute Gasteiger partial charge is 0.308 e. The SMILES string of the molecule is c1ccc(-c2cc(-c3ccc(-n4c5ccccc5c5ncccc54)cc3)nc(-c3ccccn3)c2)cc1. The van der Waals surface area contributed by atoms with E-state index >= 15 is 0 Å². The summed E-state index contributed by atoms with van der Waals surface area (Å²) in [6, 6.07) is 41.7. The van der Waals surface area contributed by atoms with Gasteiger partial charge < -0.3 is 4.57 Å². The number of pyridine rings is 3. The lowest BCUT2D eigenvalue weighted by Crippen LogP contribution is -1.95. The highest BCUT2D eigenvalue weighted by Crippen LogP contribution is 2.33. The van der Waals surface area contributed by atoms with Crippen LogP contribution in [0, 0.1) is 0 Å². The molecule has 4 heterocycles. The molecule has 0 amide bonds. The van der Waals surface area contributed by atoms with E-state index in [0.717, 1.165) is 61.4 Å².